The van der Waals surface area contributed by atoms with Crippen LogP contribution in [0.25, 0.3) is 0 Å². The van der Waals surface area contributed by atoms with Gasteiger partial charge in [-0.25, -0.2) is 4.98 Å². The van der Waals surface area contributed by atoms with Crippen molar-refractivity contribution in [2.45, 2.75) is 31.8 Å². The van der Waals surface area contributed by atoms with Gasteiger partial charge in [-0.3, -0.25) is 14.5 Å². The lowest BCUT2D eigenvalue weighted by atomic mass is 9.92. The predicted octanol–water partition coefficient (Wildman–Crippen LogP) is 2.53. The van der Waals surface area contributed by atoms with Gasteiger partial charge in [0, 0.05) is 23.7 Å². The van der Waals surface area contributed by atoms with Crippen molar-refractivity contribution in [3.8, 4) is 0 Å². The molecule has 1 aliphatic carbocycles. The fourth-order valence-corrected chi connectivity index (χ4v) is 3.31. The van der Waals surface area contributed by atoms with Gasteiger partial charge >= 0.3 is 0 Å². The Kier molecular flexibility index (Phi) is 4.24. The van der Waals surface area contributed by atoms with Crippen molar-refractivity contribution in [2.75, 3.05) is 0 Å². The van der Waals surface area contributed by atoms with E-state index in [4.69, 9.17) is 0 Å². The molecule has 0 fully saturated rings. The first kappa shape index (κ1) is 15.5. The fourth-order valence-electron chi connectivity index (χ4n) is 3.31. The number of benzene rings is 1. The number of fused-ring (bicyclic) bond motifs is 1. The minimum atomic E-state index is -0.193. The Morgan fingerprint density at radius 3 is 2.88 bits per heavy atom. The van der Waals surface area contributed by atoms with Crippen molar-refractivity contribution in [2.24, 2.45) is 0 Å². The highest BCUT2D eigenvalue weighted by atomic mass is 16.1. The normalized spacial score (nSPS) is 16.2. The molecule has 0 unspecified atom stereocenters. The predicted molar refractivity (Wildman–Crippen MR) is 92.9 cm³/mol. The maximum absolute atomic E-state index is 12.4. The van der Waals surface area contributed by atoms with E-state index in [0.29, 0.717) is 5.69 Å². The molecule has 0 saturated heterocycles. The van der Waals surface area contributed by atoms with Crippen LogP contribution in [0.3, 0.4) is 0 Å². The SMILES string of the molecule is O=C(N[C@H]1CCCc2c1cnn2Cc1ccccc1)c1cnccn1. The van der Waals surface area contributed by atoms with Crippen LogP contribution in [-0.2, 0) is 13.0 Å². The molecule has 126 valence electrons. The second kappa shape index (κ2) is 6.84. The number of hydrogen-bond acceptors (Lipinski definition) is 4. The Balaban J connectivity index is 1.54. The van der Waals surface area contributed by atoms with Crippen molar-refractivity contribution in [1.29, 1.82) is 0 Å². The molecule has 0 aliphatic heterocycles. The summed E-state index contributed by atoms with van der Waals surface area (Å²) in [7, 11) is 0. The van der Waals surface area contributed by atoms with Crippen LogP contribution in [0.2, 0.25) is 0 Å². The third-order valence-corrected chi connectivity index (χ3v) is 4.54. The summed E-state index contributed by atoms with van der Waals surface area (Å²) in [5.74, 6) is -0.193. The van der Waals surface area contributed by atoms with E-state index >= 15 is 0 Å². The topological polar surface area (TPSA) is 72.7 Å². The van der Waals surface area contributed by atoms with Crippen LogP contribution < -0.4 is 5.32 Å². The summed E-state index contributed by atoms with van der Waals surface area (Å²) in [5, 5.41) is 7.63. The molecule has 4 rings (SSSR count). The van der Waals surface area contributed by atoms with Crippen LogP contribution in [0.1, 0.15) is 46.2 Å². The van der Waals surface area contributed by atoms with Crippen LogP contribution in [0.4, 0.5) is 0 Å². The highest BCUT2D eigenvalue weighted by Gasteiger charge is 2.26. The average Bonchev–Trinajstić information content (AvgIpc) is 3.07. The lowest BCUT2D eigenvalue weighted by Crippen LogP contribution is -2.31. The molecular weight excluding hydrogens is 314 g/mol. The van der Waals surface area contributed by atoms with Gasteiger partial charge in [0.2, 0.25) is 0 Å². The van der Waals surface area contributed by atoms with Gasteiger partial charge < -0.3 is 5.32 Å². The van der Waals surface area contributed by atoms with Crippen molar-refractivity contribution >= 4 is 5.91 Å². The number of rotatable bonds is 4. The van der Waals surface area contributed by atoms with Crippen LogP contribution >= 0.6 is 0 Å². The van der Waals surface area contributed by atoms with E-state index in [9.17, 15) is 4.79 Å². The average molecular weight is 333 g/mol. The second-order valence-electron chi connectivity index (χ2n) is 6.20. The number of nitrogens with one attached hydrogen (secondary N) is 1. The van der Waals surface area contributed by atoms with Gasteiger partial charge in [-0.15, -0.1) is 0 Å². The Morgan fingerprint density at radius 2 is 2.08 bits per heavy atom. The molecule has 1 atom stereocenters. The Labute approximate surface area is 145 Å². The summed E-state index contributed by atoms with van der Waals surface area (Å²) in [4.78, 5) is 20.4. The van der Waals surface area contributed by atoms with Crippen LogP contribution in [0, 0.1) is 0 Å². The number of carbonyl (C=O) groups is 1. The molecular formula is C19H19N5O. The van der Waals surface area contributed by atoms with Gasteiger partial charge in [0.1, 0.15) is 5.69 Å². The third-order valence-electron chi connectivity index (χ3n) is 4.54. The maximum Gasteiger partial charge on any atom is 0.271 e. The molecule has 0 radical (unpaired) electrons. The zero-order chi connectivity index (χ0) is 17.1. The zero-order valence-electron chi connectivity index (χ0n) is 13.8. The monoisotopic (exact) mass is 333 g/mol. The van der Waals surface area contributed by atoms with Crippen molar-refractivity contribution in [3.05, 3.63) is 77.6 Å². The van der Waals surface area contributed by atoms with Gasteiger partial charge in [-0.05, 0) is 24.8 Å². The van der Waals surface area contributed by atoms with E-state index in [0.717, 1.165) is 31.4 Å². The Morgan fingerprint density at radius 1 is 1.20 bits per heavy atom. The van der Waals surface area contributed by atoms with Gasteiger partial charge in [0.25, 0.3) is 5.91 Å². The molecule has 25 heavy (non-hydrogen) atoms. The molecule has 1 N–H and O–H groups in total. The summed E-state index contributed by atoms with van der Waals surface area (Å²) in [6.07, 6.45) is 9.38. The van der Waals surface area contributed by atoms with E-state index in [2.05, 4.69) is 32.5 Å². The number of nitrogens with zero attached hydrogens (tertiary/aromatic N) is 4. The van der Waals surface area contributed by atoms with E-state index < -0.39 is 0 Å². The van der Waals surface area contributed by atoms with E-state index in [1.54, 1.807) is 6.20 Å². The first-order chi connectivity index (χ1) is 12.3. The first-order valence-corrected chi connectivity index (χ1v) is 8.46. The third kappa shape index (κ3) is 3.28. The largest absolute Gasteiger partial charge is 0.344 e. The number of aromatic nitrogens is 4. The number of amides is 1. The Hall–Kier alpha value is -3.02. The molecule has 2 heterocycles. The van der Waals surface area contributed by atoms with Crippen molar-refractivity contribution in [1.82, 2.24) is 25.1 Å². The lowest BCUT2D eigenvalue weighted by Gasteiger charge is -2.24. The van der Waals surface area contributed by atoms with Gasteiger partial charge in [-0.2, -0.15) is 5.10 Å². The first-order valence-electron chi connectivity index (χ1n) is 8.46. The summed E-state index contributed by atoms with van der Waals surface area (Å²) in [6.45, 7) is 0.751. The molecule has 1 amide bonds. The number of hydrogen-bond donors (Lipinski definition) is 1. The zero-order valence-corrected chi connectivity index (χ0v) is 13.8. The fraction of sp³-hybridized carbons (Fsp3) is 0.263. The van der Waals surface area contributed by atoms with Crippen molar-refractivity contribution in [3.63, 3.8) is 0 Å². The minimum absolute atomic E-state index is 0.0252. The second-order valence-corrected chi connectivity index (χ2v) is 6.20. The van der Waals surface area contributed by atoms with Crippen LogP contribution in [0.5, 0.6) is 0 Å². The van der Waals surface area contributed by atoms with Gasteiger partial charge in [-0.1, -0.05) is 30.3 Å². The molecule has 0 bridgehead atoms. The van der Waals surface area contributed by atoms with Crippen molar-refractivity contribution < 1.29 is 4.79 Å². The molecule has 1 aromatic carbocycles. The molecule has 3 aromatic rings. The maximum atomic E-state index is 12.4. The summed E-state index contributed by atoms with van der Waals surface area (Å²) in [5.41, 5.74) is 3.88. The lowest BCUT2D eigenvalue weighted by molar-refractivity contribution is 0.0927. The minimum Gasteiger partial charge on any atom is -0.344 e. The van der Waals surface area contributed by atoms with E-state index in [-0.39, 0.29) is 11.9 Å². The molecule has 1 aliphatic rings. The summed E-state index contributed by atoms with van der Waals surface area (Å²) >= 11 is 0. The quantitative estimate of drug-likeness (QED) is 0.796. The molecule has 6 heteroatoms. The smallest absolute Gasteiger partial charge is 0.271 e. The standard InChI is InChI=1S/C19H19N5O/c25-19(17-12-20-9-10-21-17)23-16-7-4-8-18-15(16)11-22-24(18)13-14-5-2-1-3-6-14/h1-3,5-6,9-12,16H,4,7-8,13H2,(H,23,25)/t16-/m0/s1. The van der Waals surface area contributed by atoms with E-state index in [1.807, 2.05) is 29.1 Å². The summed E-state index contributed by atoms with van der Waals surface area (Å²) in [6, 6.07) is 10.3. The molecule has 0 saturated carbocycles. The number of carbonyl (C=O) groups excluding carboxylic acids is 1. The molecule has 6 nitrogen and oxygen atoms in total. The Bertz CT molecular complexity index is 860. The highest BCUT2D eigenvalue weighted by molar-refractivity contribution is 5.92. The molecule has 2 aromatic heterocycles. The van der Waals surface area contributed by atoms with Crippen LogP contribution in [-0.4, -0.2) is 25.7 Å². The highest BCUT2D eigenvalue weighted by Crippen LogP contribution is 2.30. The van der Waals surface area contributed by atoms with Gasteiger partial charge in [0.15, 0.2) is 0 Å². The molecule has 0 spiro atoms. The van der Waals surface area contributed by atoms with Crippen LogP contribution in [0.15, 0.2) is 55.1 Å². The van der Waals surface area contributed by atoms with E-state index in [1.165, 1.54) is 23.7 Å². The van der Waals surface area contributed by atoms with Gasteiger partial charge in [0.05, 0.1) is 25.0 Å². The summed E-state index contributed by atoms with van der Waals surface area (Å²) < 4.78 is 2.05.